The molecule has 0 bridgehead atoms. The van der Waals surface area contributed by atoms with Crippen LogP contribution < -0.4 is 10.0 Å². The number of hydrogen-bond acceptors (Lipinski definition) is 3. The first-order valence-electron chi connectivity index (χ1n) is 8.33. The molecule has 2 atom stereocenters. The molecule has 1 heterocycles. The lowest BCUT2D eigenvalue weighted by Crippen LogP contribution is -2.33. The quantitative estimate of drug-likeness (QED) is 0.784. The molecule has 0 saturated carbocycles. The van der Waals surface area contributed by atoms with E-state index in [1.165, 1.54) is 18.4 Å². The average molecular weight is 361 g/mol. The van der Waals surface area contributed by atoms with Crippen molar-refractivity contribution in [3.63, 3.8) is 0 Å². The van der Waals surface area contributed by atoms with Gasteiger partial charge in [0, 0.05) is 6.54 Å². The first-order chi connectivity index (χ1) is 10.5. The molecule has 2 rings (SSSR count). The Hall–Kier alpha value is -0.620. The summed E-state index contributed by atoms with van der Waals surface area (Å²) in [5.41, 5.74) is 1.19. The van der Waals surface area contributed by atoms with Crippen LogP contribution in [0.1, 0.15) is 51.0 Å². The molecular weight excluding hydrogens is 332 g/mol. The number of piperidine rings is 1. The summed E-state index contributed by atoms with van der Waals surface area (Å²) < 4.78 is 27.3. The molecule has 1 saturated heterocycles. The van der Waals surface area contributed by atoms with Gasteiger partial charge < -0.3 is 5.32 Å². The van der Waals surface area contributed by atoms with Gasteiger partial charge in [0.1, 0.15) is 0 Å². The maximum Gasteiger partial charge on any atom is 0.240 e. The van der Waals surface area contributed by atoms with Crippen molar-refractivity contribution >= 4 is 22.4 Å². The van der Waals surface area contributed by atoms with Gasteiger partial charge in [-0.25, -0.2) is 13.1 Å². The molecule has 4 nitrogen and oxygen atoms in total. The fourth-order valence-electron chi connectivity index (χ4n) is 2.86. The Labute approximate surface area is 146 Å². The van der Waals surface area contributed by atoms with E-state index in [1.54, 1.807) is 12.1 Å². The van der Waals surface area contributed by atoms with Crippen LogP contribution in [0.4, 0.5) is 0 Å². The zero-order valence-corrected chi connectivity index (χ0v) is 15.7. The van der Waals surface area contributed by atoms with Gasteiger partial charge in [-0.15, -0.1) is 12.4 Å². The van der Waals surface area contributed by atoms with Gasteiger partial charge in [-0.2, -0.15) is 0 Å². The molecule has 2 N–H and O–H groups in total. The van der Waals surface area contributed by atoms with Crippen LogP contribution >= 0.6 is 12.4 Å². The molecule has 1 aromatic rings. The second-order valence-electron chi connectivity index (χ2n) is 6.28. The van der Waals surface area contributed by atoms with Crippen LogP contribution in [-0.2, 0) is 10.0 Å². The zero-order valence-electron chi connectivity index (χ0n) is 14.0. The summed E-state index contributed by atoms with van der Waals surface area (Å²) in [6.45, 7) is 6.90. The number of nitrogens with one attached hydrogen (secondary N) is 2. The van der Waals surface area contributed by atoms with Crippen molar-refractivity contribution in [3.8, 4) is 0 Å². The van der Waals surface area contributed by atoms with Crippen molar-refractivity contribution in [2.75, 3.05) is 19.6 Å². The normalized spacial score (nSPS) is 19.8. The lowest BCUT2D eigenvalue weighted by Gasteiger charge is -2.22. The van der Waals surface area contributed by atoms with Crippen molar-refractivity contribution in [3.05, 3.63) is 29.8 Å². The third-order valence-corrected chi connectivity index (χ3v) is 6.09. The Morgan fingerprint density at radius 2 is 2.00 bits per heavy atom. The Balaban J connectivity index is 0.00000264. The fraction of sp³-hybridized carbons (Fsp3) is 0.647. The first-order valence-corrected chi connectivity index (χ1v) is 9.81. The van der Waals surface area contributed by atoms with E-state index in [-0.39, 0.29) is 12.4 Å². The molecule has 0 amide bonds. The topological polar surface area (TPSA) is 58.2 Å². The molecule has 0 radical (unpaired) electrons. The molecule has 1 aliphatic heterocycles. The third-order valence-electron chi connectivity index (χ3n) is 4.62. The third kappa shape index (κ3) is 6.07. The summed E-state index contributed by atoms with van der Waals surface area (Å²) in [4.78, 5) is 0.362. The highest BCUT2D eigenvalue weighted by Crippen LogP contribution is 2.20. The summed E-state index contributed by atoms with van der Waals surface area (Å²) in [6.07, 6.45) is 4.34. The molecule has 2 unspecified atom stereocenters. The van der Waals surface area contributed by atoms with E-state index in [0.717, 1.165) is 25.9 Å². The van der Waals surface area contributed by atoms with Crippen molar-refractivity contribution in [1.29, 1.82) is 0 Å². The van der Waals surface area contributed by atoms with Gasteiger partial charge in [0.25, 0.3) is 0 Å². The maximum atomic E-state index is 12.3. The summed E-state index contributed by atoms with van der Waals surface area (Å²) in [5.74, 6) is 1.05. The van der Waals surface area contributed by atoms with E-state index >= 15 is 0 Å². The standard InChI is InChI=1S/C17H28N2O2S.ClH/c1-3-14(2)16-6-8-17(9-7-16)22(20,21)19-12-10-15-5-4-11-18-13-15;/h6-9,14-15,18-19H,3-5,10-13H2,1-2H3;1H. The second kappa shape index (κ2) is 9.62. The molecule has 1 fully saturated rings. The number of hydrogen-bond donors (Lipinski definition) is 2. The summed E-state index contributed by atoms with van der Waals surface area (Å²) in [6, 6.07) is 7.28. The molecule has 1 aromatic carbocycles. The molecule has 1 aliphatic rings. The van der Waals surface area contributed by atoms with Gasteiger partial charge in [0.05, 0.1) is 4.90 Å². The van der Waals surface area contributed by atoms with Crippen LogP contribution in [0.3, 0.4) is 0 Å². The summed E-state index contributed by atoms with van der Waals surface area (Å²) in [7, 11) is -3.38. The van der Waals surface area contributed by atoms with E-state index < -0.39 is 10.0 Å². The second-order valence-corrected chi connectivity index (χ2v) is 8.04. The molecule has 132 valence electrons. The smallest absolute Gasteiger partial charge is 0.240 e. The average Bonchev–Trinajstić information content (AvgIpc) is 2.55. The van der Waals surface area contributed by atoms with Gasteiger partial charge in [-0.1, -0.05) is 26.0 Å². The highest BCUT2D eigenvalue weighted by Gasteiger charge is 2.17. The molecule has 23 heavy (non-hydrogen) atoms. The van der Waals surface area contributed by atoms with Gasteiger partial charge in [-0.05, 0) is 68.3 Å². The van der Waals surface area contributed by atoms with Crippen LogP contribution in [-0.4, -0.2) is 28.1 Å². The Morgan fingerprint density at radius 3 is 2.57 bits per heavy atom. The van der Waals surface area contributed by atoms with Crippen molar-refractivity contribution in [1.82, 2.24) is 10.0 Å². The van der Waals surface area contributed by atoms with Crippen LogP contribution in [0.2, 0.25) is 0 Å². The number of sulfonamides is 1. The van der Waals surface area contributed by atoms with Crippen LogP contribution in [0.15, 0.2) is 29.2 Å². The van der Waals surface area contributed by atoms with Gasteiger partial charge in [0.2, 0.25) is 10.0 Å². The SMILES string of the molecule is CCC(C)c1ccc(S(=O)(=O)NCCC2CCCNC2)cc1.Cl. The predicted octanol–water partition coefficient (Wildman–Crippen LogP) is 3.29. The Morgan fingerprint density at radius 1 is 1.30 bits per heavy atom. The summed E-state index contributed by atoms with van der Waals surface area (Å²) >= 11 is 0. The fourth-order valence-corrected chi connectivity index (χ4v) is 3.91. The number of rotatable bonds is 7. The van der Waals surface area contributed by atoms with E-state index in [2.05, 4.69) is 23.9 Å². The summed E-state index contributed by atoms with van der Waals surface area (Å²) in [5, 5.41) is 3.36. The van der Waals surface area contributed by atoms with Crippen molar-refractivity contribution in [2.45, 2.75) is 50.3 Å². The van der Waals surface area contributed by atoms with Crippen LogP contribution in [0, 0.1) is 5.92 Å². The molecule has 0 aliphatic carbocycles. The highest BCUT2D eigenvalue weighted by atomic mass is 35.5. The van der Waals surface area contributed by atoms with Crippen LogP contribution in [0.25, 0.3) is 0 Å². The van der Waals surface area contributed by atoms with E-state index in [1.807, 2.05) is 12.1 Å². The van der Waals surface area contributed by atoms with E-state index in [4.69, 9.17) is 0 Å². The minimum Gasteiger partial charge on any atom is -0.316 e. The van der Waals surface area contributed by atoms with E-state index in [0.29, 0.717) is 23.3 Å². The maximum absolute atomic E-state index is 12.3. The Bertz CT molecular complexity index is 554. The van der Waals surface area contributed by atoms with Gasteiger partial charge >= 0.3 is 0 Å². The van der Waals surface area contributed by atoms with Gasteiger partial charge in [-0.3, -0.25) is 0 Å². The molecule has 6 heteroatoms. The van der Waals surface area contributed by atoms with E-state index in [9.17, 15) is 8.42 Å². The molecule has 0 spiro atoms. The zero-order chi connectivity index (χ0) is 16.0. The monoisotopic (exact) mass is 360 g/mol. The van der Waals surface area contributed by atoms with Crippen molar-refractivity contribution < 1.29 is 8.42 Å². The van der Waals surface area contributed by atoms with Gasteiger partial charge in [0.15, 0.2) is 0 Å². The minimum absolute atomic E-state index is 0. The lowest BCUT2D eigenvalue weighted by atomic mass is 9.96. The highest BCUT2D eigenvalue weighted by molar-refractivity contribution is 7.89. The van der Waals surface area contributed by atoms with Crippen molar-refractivity contribution in [2.24, 2.45) is 5.92 Å². The number of halogens is 1. The Kier molecular flexibility index (Phi) is 8.54. The largest absolute Gasteiger partial charge is 0.316 e. The minimum atomic E-state index is -3.38. The molecular formula is C17H29ClN2O2S. The number of benzene rings is 1. The lowest BCUT2D eigenvalue weighted by molar-refractivity contribution is 0.358. The predicted molar refractivity (Wildman–Crippen MR) is 97.8 cm³/mol. The first kappa shape index (κ1) is 20.4. The van der Waals surface area contributed by atoms with Crippen LogP contribution in [0.5, 0.6) is 0 Å². The molecule has 0 aromatic heterocycles.